The molecule has 0 spiro atoms. The number of thiophene rings is 1. The zero-order chi connectivity index (χ0) is 20.8. The van der Waals surface area contributed by atoms with Crippen molar-refractivity contribution in [3.05, 3.63) is 27.1 Å². The Labute approximate surface area is 169 Å². The minimum atomic E-state index is -0.457. The van der Waals surface area contributed by atoms with Crippen molar-refractivity contribution in [2.24, 2.45) is 5.92 Å². The van der Waals surface area contributed by atoms with E-state index < -0.39 is 5.97 Å². The fourth-order valence-corrected chi connectivity index (χ4v) is 4.08. The van der Waals surface area contributed by atoms with Gasteiger partial charge in [0.1, 0.15) is 16.3 Å². The maximum atomic E-state index is 12.8. The summed E-state index contributed by atoms with van der Waals surface area (Å²) in [4.78, 5) is 42.3. The van der Waals surface area contributed by atoms with Gasteiger partial charge in [-0.2, -0.15) is 0 Å². The number of rotatable bonds is 9. The molecular formula is C20H29N3O4S. The summed E-state index contributed by atoms with van der Waals surface area (Å²) in [5, 5.41) is 3.30. The Balaban J connectivity index is 2.12. The van der Waals surface area contributed by atoms with E-state index in [-0.39, 0.29) is 30.7 Å². The highest BCUT2D eigenvalue weighted by atomic mass is 32.1. The first-order chi connectivity index (χ1) is 13.2. The van der Waals surface area contributed by atoms with Gasteiger partial charge in [0.25, 0.3) is 5.56 Å². The third kappa shape index (κ3) is 5.41. The highest BCUT2D eigenvalue weighted by Gasteiger charge is 2.21. The second kappa shape index (κ2) is 9.82. The monoisotopic (exact) mass is 407 g/mol. The molecule has 1 atom stereocenters. The second-order valence-electron chi connectivity index (χ2n) is 7.43. The molecule has 2 rings (SSSR count). The smallest absolute Gasteiger partial charge is 0.348 e. The summed E-state index contributed by atoms with van der Waals surface area (Å²) in [6.07, 6.45) is 4.44. The molecule has 1 unspecified atom stereocenters. The van der Waals surface area contributed by atoms with Gasteiger partial charge in [-0.3, -0.25) is 14.2 Å². The largest absolute Gasteiger partial charge is 0.462 e. The lowest BCUT2D eigenvalue weighted by molar-refractivity contribution is -0.122. The molecule has 8 heteroatoms. The lowest BCUT2D eigenvalue weighted by Crippen LogP contribution is -2.37. The first kappa shape index (κ1) is 22.1. The number of esters is 1. The van der Waals surface area contributed by atoms with E-state index in [1.54, 1.807) is 13.8 Å². The fraction of sp³-hybridized carbons (Fsp3) is 0.600. The number of hydrogen-bond donors (Lipinski definition) is 1. The summed E-state index contributed by atoms with van der Waals surface area (Å²) in [5.74, 6) is -0.0339. The molecule has 0 bridgehead atoms. The predicted molar refractivity (Wildman–Crippen MR) is 111 cm³/mol. The van der Waals surface area contributed by atoms with Crippen molar-refractivity contribution in [1.29, 1.82) is 0 Å². The number of amides is 1. The van der Waals surface area contributed by atoms with Gasteiger partial charge in [0.2, 0.25) is 5.91 Å². The van der Waals surface area contributed by atoms with Crippen LogP contribution >= 0.6 is 11.3 Å². The first-order valence-electron chi connectivity index (χ1n) is 9.69. The zero-order valence-electron chi connectivity index (χ0n) is 17.2. The summed E-state index contributed by atoms with van der Waals surface area (Å²) in [6, 6.07) is 0.0527. The third-order valence-electron chi connectivity index (χ3n) is 4.52. The molecule has 1 N–H and O–H groups in total. The van der Waals surface area contributed by atoms with Gasteiger partial charge < -0.3 is 10.1 Å². The molecule has 0 saturated heterocycles. The van der Waals surface area contributed by atoms with Crippen LogP contribution in [0.25, 0.3) is 10.2 Å². The molecule has 2 aromatic heterocycles. The van der Waals surface area contributed by atoms with E-state index >= 15 is 0 Å². The Morgan fingerprint density at radius 3 is 2.64 bits per heavy atom. The lowest BCUT2D eigenvalue weighted by atomic mass is 10.0. The summed E-state index contributed by atoms with van der Waals surface area (Å²) in [5.41, 5.74) is 0.227. The minimum Gasteiger partial charge on any atom is -0.462 e. The summed E-state index contributed by atoms with van der Waals surface area (Å²) >= 11 is 1.14. The molecule has 0 aliphatic carbocycles. The van der Waals surface area contributed by atoms with E-state index in [0.717, 1.165) is 30.6 Å². The number of aryl methyl sites for hydroxylation is 1. The van der Waals surface area contributed by atoms with Crippen molar-refractivity contribution in [3.63, 3.8) is 0 Å². The van der Waals surface area contributed by atoms with E-state index in [0.29, 0.717) is 26.6 Å². The van der Waals surface area contributed by atoms with Crippen LogP contribution in [-0.4, -0.2) is 34.1 Å². The average Bonchev–Trinajstić information content (AvgIpc) is 2.94. The Morgan fingerprint density at radius 2 is 2.00 bits per heavy atom. The molecule has 7 nitrogen and oxygen atoms in total. The number of aromatic nitrogens is 2. The molecular weight excluding hydrogens is 378 g/mol. The third-order valence-corrected chi connectivity index (χ3v) is 5.70. The van der Waals surface area contributed by atoms with Crippen LogP contribution in [0.1, 0.15) is 62.2 Å². The van der Waals surface area contributed by atoms with Gasteiger partial charge in [-0.1, -0.05) is 26.7 Å². The topological polar surface area (TPSA) is 90.3 Å². The molecule has 0 fully saturated rings. The van der Waals surface area contributed by atoms with Crippen molar-refractivity contribution in [2.45, 2.75) is 66.5 Å². The molecule has 1 amide bonds. The summed E-state index contributed by atoms with van der Waals surface area (Å²) in [6.45, 7) is 9.93. The molecule has 0 radical (unpaired) electrons. The predicted octanol–water partition coefficient (Wildman–Crippen LogP) is 3.27. The van der Waals surface area contributed by atoms with Crippen molar-refractivity contribution < 1.29 is 14.3 Å². The molecule has 154 valence electrons. The van der Waals surface area contributed by atoms with E-state index in [1.807, 2.05) is 6.92 Å². The lowest BCUT2D eigenvalue weighted by Gasteiger charge is -2.15. The number of carbonyl (C=O) groups excluding carboxylic acids is 2. The standard InChI is InChI=1S/C20H29N3O4S/c1-6-27-20(26)17-14(5)16-18(28-17)21-11-23(19(16)25)10-15(24)22-13(4)9-7-8-12(2)3/h11-13H,6-10H2,1-5H3,(H,22,24). The molecule has 2 heterocycles. The quantitative estimate of drug-likeness (QED) is 0.644. The van der Waals surface area contributed by atoms with Crippen molar-refractivity contribution in [1.82, 2.24) is 14.9 Å². The highest BCUT2D eigenvalue weighted by molar-refractivity contribution is 7.20. The summed E-state index contributed by atoms with van der Waals surface area (Å²) in [7, 11) is 0. The van der Waals surface area contributed by atoms with Gasteiger partial charge >= 0.3 is 5.97 Å². The van der Waals surface area contributed by atoms with E-state index in [9.17, 15) is 14.4 Å². The van der Waals surface area contributed by atoms with Gasteiger partial charge in [0, 0.05) is 6.04 Å². The molecule has 0 aliphatic heterocycles. The Hall–Kier alpha value is -2.22. The number of carbonyl (C=O) groups is 2. The van der Waals surface area contributed by atoms with Crippen LogP contribution in [0.4, 0.5) is 0 Å². The van der Waals surface area contributed by atoms with Crippen LogP contribution in [0.2, 0.25) is 0 Å². The van der Waals surface area contributed by atoms with Gasteiger partial charge in [-0.25, -0.2) is 9.78 Å². The highest BCUT2D eigenvalue weighted by Crippen LogP contribution is 2.27. The Kier molecular flexibility index (Phi) is 7.74. The SMILES string of the molecule is CCOC(=O)c1sc2ncn(CC(=O)NC(C)CCCC(C)C)c(=O)c2c1C. The van der Waals surface area contributed by atoms with Crippen LogP contribution in [0, 0.1) is 12.8 Å². The van der Waals surface area contributed by atoms with Crippen LogP contribution in [0.15, 0.2) is 11.1 Å². The van der Waals surface area contributed by atoms with Crippen molar-refractivity contribution >= 4 is 33.4 Å². The van der Waals surface area contributed by atoms with Gasteiger partial charge in [0.05, 0.1) is 18.3 Å². The van der Waals surface area contributed by atoms with Crippen LogP contribution < -0.4 is 10.9 Å². The molecule has 0 saturated carbocycles. The number of nitrogens with one attached hydrogen (secondary N) is 1. The van der Waals surface area contributed by atoms with Crippen LogP contribution in [-0.2, 0) is 16.1 Å². The Bertz CT molecular complexity index is 901. The second-order valence-corrected chi connectivity index (χ2v) is 8.43. The number of nitrogens with zero attached hydrogens (tertiary/aromatic N) is 2. The summed E-state index contributed by atoms with van der Waals surface area (Å²) < 4.78 is 6.32. The maximum Gasteiger partial charge on any atom is 0.348 e. The van der Waals surface area contributed by atoms with E-state index in [1.165, 1.54) is 10.9 Å². The van der Waals surface area contributed by atoms with Crippen LogP contribution in [0.3, 0.4) is 0 Å². The van der Waals surface area contributed by atoms with Gasteiger partial charge in [-0.15, -0.1) is 11.3 Å². The van der Waals surface area contributed by atoms with Crippen molar-refractivity contribution in [2.75, 3.05) is 6.61 Å². The van der Waals surface area contributed by atoms with Gasteiger partial charge in [-0.05, 0) is 38.7 Å². The first-order valence-corrected chi connectivity index (χ1v) is 10.5. The zero-order valence-corrected chi connectivity index (χ0v) is 18.0. The molecule has 0 aromatic carbocycles. The Morgan fingerprint density at radius 1 is 1.29 bits per heavy atom. The fourth-order valence-electron chi connectivity index (χ4n) is 3.04. The molecule has 0 aliphatic rings. The number of fused-ring (bicyclic) bond motifs is 1. The number of ether oxygens (including phenoxy) is 1. The molecule has 28 heavy (non-hydrogen) atoms. The molecule has 2 aromatic rings. The van der Waals surface area contributed by atoms with Crippen molar-refractivity contribution in [3.8, 4) is 0 Å². The minimum absolute atomic E-state index is 0.0527. The average molecular weight is 408 g/mol. The number of hydrogen-bond acceptors (Lipinski definition) is 6. The van der Waals surface area contributed by atoms with Gasteiger partial charge in [0.15, 0.2) is 0 Å². The normalized spacial score (nSPS) is 12.4. The van der Waals surface area contributed by atoms with E-state index in [2.05, 4.69) is 24.1 Å². The van der Waals surface area contributed by atoms with E-state index in [4.69, 9.17) is 4.74 Å². The van der Waals surface area contributed by atoms with Crippen LogP contribution in [0.5, 0.6) is 0 Å². The maximum absolute atomic E-state index is 12.8.